The first-order chi connectivity index (χ1) is 19.6. The largest absolute Gasteiger partial charge is 0.345 e. The van der Waals surface area contributed by atoms with E-state index in [0.29, 0.717) is 12.0 Å². The molecule has 1 saturated heterocycles. The number of benzene rings is 1. The molecule has 1 fully saturated rings. The molecule has 0 bridgehead atoms. The molecule has 2 aliphatic rings. The number of hydrogen-bond donors (Lipinski definition) is 1. The summed E-state index contributed by atoms with van der Waals surface area (Å²) in [4.78, 5) is 38.2. The zero-order chi connectivity index (χ0) is 27.6. The average molecular weight is 540 g/mol. The number of likely N-dealkylation sites (tertiary alicyclic amines) is 1. The summed E-state index contributed by atoms with van der Waals surface area (Å²) in [5.41, 5.74) is 8.16. The van der Waals surface area contributed by atoms with Crippen LogP contribution >= 0.6 is 0 Å². The van der Waals surface area contributed by atoms with E-state index in [1.54, 1.807) is 37.2 Å². The van der Waals surface area contributed by atoms with Gasteiger partial charge in [0, 0.05) is 60.2 Å². The minimum atomic E-state index is -0.196. The Labute approximate surface area is 232 Å². The van der Waals surface area contributed by atoms with Gasteiger partial charge in [-0.05, 0) is 62.9 Å². The van der Waals surface area contributed by atoms with Crippen LogP contribution < -0.4 is 5.43 Å². The number of carbonyl (C=O) groups excluding carboxylic acids is 2. The topological polar surface area (TPSA) is 108 Å². The summed E-state index contributed by atoms with van der Waals surface area (Å²) in [6.07, 6.45) is 18.8. The minimum Gasteiger partial charge on any atom is -0.299 e. The van der Waals surface area contributed by atoms with Gasteiger partial charge in [-0.25, -0.2) is 30.0 Å². The van der Waals surface area contributed by atoms with E-state index in [1.165, 1.54) is 81.5 Å². The Morgan fingerprint density at radius 3 is 2.27 bits per heavy atom. The standard InChI is InChI=1S/C22H27N5O.C7H6N4O/c1-3-10-25-11-5-7-16-17-6-4-8-19-21(17)18(13-20(16)25)15(2)27(19)24-22(28)26-12-9-23-14-26;12-7(10-3-1-8-5-10)11-4-2-9-6-11/h4,6,8-9,12,14,16,20H,3,5,7,10-11,13H2,1-2H3,(H,24,28);1-6H/t16-,20-;/m1./s1. The molecule has 2 atom stereocenters. The van der Waals surface area contributed by atoms with Crippen LogP contribution in [-0.2, 0) is 6.42 Å². The van der Waals surface area contributed by atoms with Crippen molar-refractivity contribution in [2.45, 2.75) is 51.5 Å². The molecule has 206 valence electrons. The molecule has 40 heavy (non-hydrogen) atoms. The van der Waals surface area contributed by atoms with Gasteiger partial charge in [0.15, 0.2) is 0 Å². The zero-order valence-corrected chi connectivity index (χ0v) is 22.7. The lowest BCUT2D eigenvalue weighted by Gasteiger charge is -2.44. The second kappa shape index (κ2) is 10.9. The number of carbonyl (C=O) groups is 2. The number of imidazole rings is 3. The number of hydrogen-bond acceptors (Lipinski definition) is 6. The van der Waals surface area contributed by atoms with Gasteiger partial charge in [-0.15, -0.1) is 0 Å². The highest BCUT2D eigenvalue weighted by molar-refractivity contribution is 5.93. The van der Waals surface area contributed by atoms with Gasteiger partial charge < -0.3 is 0 Å². The van der Waals surface area contributed by atoms with E-state index < -0.39 is 0 Å². The lowest BCUT2D eigenvalue weighted by atomic mass is 9.74. The predicted octanol–water partition coefficient (Wildman–Crippen LogP) is 4.47. The molecule has 5 aromatic rings. The van der Waals surface area contributed by atoms with Gasteiger partial charge in [-0.2, -0.15) is 0 Å². The first-order valence-corrected chi connectivity index (χ1v) is 13.7. The molecular formula is C29H33N9O2. The fourth-order valence-corrected chi connectivity index (χ4v) is 6.22. The van der Waals surface area contributed by atoms with Crippen LogP contribution in [0.3, 0.4) is 0 Å². The van der Waals surface area contributed by atoms with Gasteiger partial charge in [0.1, 0.15) is 19.0 Å². The number of aromatic nitrogens is 7. The smallest absolute Gasteiger partial charge is 0.299 e. The van der Waals surface area contributed by atoms with Crippen LogP contribution in [0.25, 0.3) is 10.9 Å². The van der Waals surface area contributed by atoms with Crippen molar-refractivity contribution in [1.82, 2.24) is 38.2 Å². The Kier molecular flexibility index (Phi) is 7.04. The second-order valence-electron chi connectivity index (χ2n) is 10.3. The first-order valence-electron chi connectivity index (χ1n) is 13.7. The minimum absolute atomic E-state index is 0.190. The highest BCUT2D eigenvalue weighted by Crippen LogP contribution is 2.45. The Balaban J connectivity index is 0.000000201. The highest BCUT2D eigenvalue weighted by Gasteiger charge is 2.38. The second-order valence-corrected chi connectivity index (χ2v) is 10.3. The van der Waals surface area contributed by atoms with E-state index in [4.69, 9.17) is 0 Å². The average Bonchev–Trinajstić information content (AvgIpc) is 3.80. The summed E-state index contributed by atoms with van der Waals surface area (Å²) in [6, 6.07) is 6.76. The fraction of sp³-hybridized carbons (Fsp3) is 0.345. The number of nitrogens with one attached hydrogen (secondary N) is 1. The van der Waals surface area contributed by atoms with Gasteiger partial charge in [0.05, 0.1) is 5.52 Å². The number of rotatable bonds is 3. The molecule has 1 aliphatic carbocycles. The molecule has 5 heterocycles. The summed E-state index contributed by atoms with van der Waals surface area (Å²) in [6.45, 7) is 6.77. The third kappa shape index (κ3) is 4.62. The Morgan fingerprint density at radius 2 is 1.65 bits per heavy atom. The SMILES string of the molecule is CCCN1CCC[C@@H]2c3cccc4c3c(c(C)n4NC(=O)n3ccnc3)C[C@H]21.O=C(n1ccnc1)n1ccnc1. The molecule has 0 radical (unpaired) electrons. The van der Waals surface area contributed by atoms with Crippen molar-refractivity contribution in [3.8, 4) is 0 Å². The molecule has 0 saturated carbocycles. The Morgan fingerprint density at radius 1 is 0.975 bits per heavy atom. The highest BCUT2D eigenvalue weighted by atomic mass is 16.2. The molecule has 11 heteroatoms. The lowest BCUT2D eigenvalue weighted by Crippen LogP contribution is -2.47. The molecule has 1 aromatic carbocycles. The fourth-order valence-electron chi connectivity index (χ4n) is 6.22. The molecule has 7 rings (SSSR count). The van der Waals surface area contributed by atoms with Crippen molar-refractivity contribution < 1.29 is 9.59 Å². The summed E-state index contributed by atoms with van der Waals surface area (Å²) in [5, 5.41) is 1.35. The Hall–Kier alpha value is -4.51. The predicted molar refractivity (Wildman–Crippen MR) is 151 cm³/mol. The number of nitrogens with zero attached hydrogens (tertiary/aromatic N) is 8. The third-order valence-electron chi connectivity index (χ3n) is 8.00. The first kappa shape index (κ1) is 25.8. The molecule has 0 unspecified atom stereocenters. The van der Waals surface area contributed by atoms with Crippen LogP contribution in [0.4, 0.5) is 9.59 Å². The van der Waals surface area contributed by atoms with Crippen LogP contribution in [0.2, 0.25) is 0 Å². The van der Waals surface area contributed by atoms with Crippen molar-refractivity contribution in [2.24, 2.45) is 0 Å². The van der Waals surface area contributed by atoms with Gasteiger partial charge in [-0.1, -0.05) is 19.1 Å². The molecule has 1 aliphatic heterocycles. The molecule has 4 aromatic heterocycles. The van der Waals surface area contributed by atoms with Crippen molar-refractivity contribution in [3.05, 3.63) is 91.2 Å². The van der Waals surface area contributed by atoms with Crippen LogP contribution in [0.1, 0.15) is 48.9 Å². The maximum Gasteiger partial charge on any atom is 0.345 e. The van der Waals surface area contributed by atoms with Crippen molar-refractivity contribution >= 4 is 23.0 Å². The molecule has 0 spiro atoms. The quantitative estimate of drug-likeness (QED) is 0.363. The summed E-state index contributed by atoms with van der Waals surface area (Å²) in [5.74, 6) is 0.594. The van der Waals surface area contributed by atoms with E-state index in [9.17, 15) is 9.59 Å². The normalized spacial score (nSPS) is 18.1. The van der Waals surface area contributed by atoms with Crippen molar-refractivity contribution in [3.63, 3.8) is 0 Å². The Bertz CT molecular complexity index is 1560. The summed E-state index contributed by atoms with van der Waals surface area (Å²) in [7, 11) is 0. The molecule has 1 amide bonds. The summed E-state index contributed by atoms with van der Waals surface area (Å²) < 4.78 is 6.19. The third-order valence-corrected chi connectivity index (χ3v) is 8.00. The number of piperidine rings is 1. The molecule has 1 N–H and O–H groups in total. The van der Waals surface area contributed by atoms with Gasteiger partial charge in [0.2, 0.25) is 0 Å². The zero-order valence-electron chi connectivity index (χ0n) is 22.7. The van der Waals surface area contributed by atoms with Crippen LogP contribution in [0, 0.1) is 6.92 Å². The monoisotopic (exact) mass is 539 g/mol. The van der Waals surface area contributed by atoms with Crippen molar-refractivity contribution in [1.29, 1.82) is 0 Å². The van der Waals surface area contributed by atoms with Gasteiger partial charge in [0.25, 0.3) is 0 Å². The van der Waals surface area contributed by atoms with Crippen LogP contribution in [-0.4, -0.2) is 69.4 Å². The maximum absolute atomic E-state index is 12.6. The van der Waals surface area contributed by atoms with E-state index in [2.05, 4.69) is 57.3 Å². The van der Waals surface area contributed by atoms with E-state index in [-0.39, 0.29) is 12.1 Å². The van der Waals surface area contributed by atoms with E-state index in [0.717, 1.165) is 17.6 Å². The van der Waals surface area contributed by atoms with Gasteiger partial charge in [-0.3, -0.25) is 23.3 Å². The molecule has 11 nitrogen and oxygen atoms in total. The van der Waals surface area contributed by atoms with Crippen LogP contribution in [0.15, 0.2) is 74.4 Å². The number of fused-ring (bicyclic) bond motifs is 2. The van der Waals surface area contributed by atoms with Gasteiger partial charge >= 0.3 is 12.1 Å². The van der Waals surface area contributed by atoms with E-state index >= 15 is 0 Å². The molecular weight excluding hydrogens is 506 g/mol. The van der Waals surface area contributed by atoms with E-state index in [1.807, 2.05) is 4.68 Å². The van der Waals surface area contributed by atoms with Crippen molar-refractivity contribution in [2.75, 3.05) is 18.5 Å². The summed E-state index contributed by atoms with van der Waals surface area (Å²) >= 11 is 0. The maximum atomic E-state index is 12.6. The van der Waals surface area contributed by atoms with Crippen LogP contribution in [0.5, 0.6) is 0 Å². The number of amides is 1. The lowest BCUT2D eigenvalue weighted by molar-refractivity contribution is 0.124.